The van der Waals surface area contributed by atoms with Crippen molar-refractivity contribution in [2.45, 2.75) is 19.4 Å². The van der Waals surface area contributed by atoms with Gasteiger partial charge in [-0.2, -0.15) is 0 Å². The van der Waals surface area contributed by atoms with Crippen LogP contribution in [-0.2, 0) is 11.3 Å². The highest BCUT2D eigenvalue weighted by Gasteiger charge is 2.02. The van der Waals surface area contributed by atoms with Crippen molar-refractivity contribution in [1.29, 1.82) is 0 Å². The average Bonchev–Trinajstić information content (AvgIpc) is 2.41. The fourth-order valence-electron chi connectivity index (χ4n) is 1.63. The molecule has 3 N–H and O–H groups in total. The van der Waals surface area contributed by atoms with Gasteiger partial charge >= 0.3 is 12.0 Å². The molecule has 0 heterocycles. The molecule has 0 unspecified atom stereocenters. The van der Waals surface area contributed by atoms with Crippen LogP contribution in [0.2, 0.25) is 0 Å². The number of carbonyl (C=O) groups is 2. The lowest BCUT2D eigenvalue weighted by Crippen LogP contribution is -2.35. The van der Waals surface area contributed by atoms with Crippen molar-refractivity contribution in [3.05, 3.63) is 29.8 Å². The third-order valence-corrected chi connectivity index (χ3v) is 2.73. The molecule has 0 atom stereocenters. The summed E-state index contributed by atoms with van der Waals surface area (Å²) in [6.45, 7) is 0.794. The van der Waals surface area contributed by atoms with Crippen molar-refractivity contribution >= 4 is 17.7 Å². The molecule has 0 aromatic heterocycles. The number of carbonyl (C=O) groups excluding carboxylic acids is 1. The van der Waals surface area contributed by atoms with E-state index in [0.717, 1.165) is 11.3 Å². The minimum absolute atomic E-state index is 0.0607. The van der Waals surface area contributed by atoms with Crippen LogP contribution in [0.5, 0.6) is 0 Å². The van der Waals surface area contributed by atoms with Crippen LogP contribution in [0, 0.1) is 0 Å². The normalized spacial score (nSPS) is 9.90. The maximum atomic E-state index is 11.5. The Bertz CT molecular complexity index is 461. The molecule has 0 fully saturated rings. The van der Waals surface area contributed by atoms with Crippen LogP contribution in [0.3, 0.4) is 0 Å². The number of nitrogens with zero attached hydrogens (tertiary/aromatic N) is 1. The molecule has 2 amide bonds. The van der Waals surface area contributed by atoms with Gasteiger partial charge in [0.2, 0.25) is 0 Å². The quantitative estimate of drug-likeness (QED) is 0.659. The summed E-state index contributed by atoms with van der Waals surface area (Å²) in [4.78, 5) is 23.8. The van der Waals surface area contributed by atoms with Crippen LogP contribution in [0.15, 0.2) is 24.3 Å². The van der Waals surface area contributed by atoms with Crippen molar-refractivity contribution < 1.29 is 14.7 Å². The molecule has 110 valence electrons. The van der Waals surface area contributed by atoms with Gasteiger partial charge in [-0.3, -0.25) is 4.79 Å². The fourth-order valence-corrected chi connectivity index (χ4v) is 1.63. The Balaban J connectivity index is 2.30. The standard InChI is InChI=1S/C14H21N3O3/c1-17(2)12-6-3-5-11(9-12)10-16-14(20)15-8-4-7-13(18)19/h3,5-6,9H,4,7-8,10H2,1-2H3,(H,18,19)(H2,15,16,20). The number of urea groups is 1. The van der Waals surface area contributed by atoms with Crippen molar-refractivity contribution in [1.82, 2.24) is 10.6 Å². The Morgan fingerprint density at radius 3 is 2.65 bits per heavy atom. The largest absolute Gasteiger partial charge is 0.481 e. The van der Waals surface area contributed by atoms with Crippen LogP contribution in [0.1, 0.15) is 18.4 Å². The highest BCUT2D eigenvalue weighted by molar-refractivity contribution is 5.74. The Labute approximate surface area is 118 Å². The summed E-state index contributed by atoms with van der Waals surface area (Å²) in [7, 11) is 3.92. The lowest BCUT2D eigenvalue weighted by molar-refractivity contribution is -0.137. The van der Waals surface area contributed by atoms with E-state index in [1.54, 1.807) is 0 Å². The number of benzene rings is 1. The molecule has 1 aromatic carbocycles. The van der Waals surface area contributed by atoms with Gasteiger partial charge in [0.1, 0.15) is 0 Å². The first kappa shape index (κ1) is 15.8. The molecule has 1 rings (SSSR count). The topological polar surface area (TPSA) is 81.7 Å². The number of hydrogen-bond donors (Lipinski definition) is 3. The third-order valence-electron chi connectivity index (χ3n) is 2.73. The molecule has 0 bridgehead atoms. The lowest BCUT2D eigenvalue weighted by atomic mass is 10.2. The molecule has 0 aliphatic rings. The SMILES string of the molecule is CN(C)c1cccc(CNC(=O)NCCCC(=O)O)c1. The Hall–Kier alpha value is -2.24. The number of amides is 2. The summed E-state index contributed by atoms with van der Waals surface area (Å²) in [6, 6.07) is 7.60. The zero-order chi connectivity index (χ0) is 15.0. The van der Waals surface area contributed by atoms with E-state index in [1.165, 1.54) is 0 Å². The van der Waals surface area contributed by atoms with E-state index in [9.17, 15) is 9.59 Å². The van der Waals surface area contributed by atoms with Crippen molar-refractivity contribution in [2.75, 3.05) is 25.5 Å². The molecule has 0 saturated carbocycles. The van der Waals surface area contributed by atoms with Crippen LogP contribution in [-0.4, -0.2) is 37.7 Å². The first-order valence-corrected chi connectivity index (χ1v) is 6.49. The zero-order valence-corrected chi connectivity index (χ0v) is 11.8. The minimum Gasteiger partial charge on any atom is -0.481 e. The van der Waals surface area contributed by atoms with Crippen LogP contribution < -0.4 is 15.5 Å². The van der Waals surface area contributed by atoms with Crippen molar-refractivity contribution in [3.63, 3.8) is 0 Å². The molecule has 20 heavy (non-hydrogen) atoms. The van der Waals surface area contributed by atoms with E-state index in [-0.39, 0.29) is 12.5 Å². The molecule has 0 radical (unpaired) electrons. The molecule has 6 heteroatoms. The molecule has 1 aromatic rings. The number of rotatable bonds is 7. The highest BCUT2D eigenvalue weighted by Crippen LogP contribution is 2.12. The lowest BCUT2D eigenvalue weighted by Gasteiger charge is -2.14. The van der Waals surface area contributed by atoms with Crippen LogP contribution in [0.4, 0.5) is 10.5 Å². The Kier molecular flexibility index (Phi) is 6.36. The number of hydrogen-bond acceptors (Lipinski definition) is 3. The second-order valence-electron chi connectivity index (χ2n) is 4.67. The summed E-state index contributed by atoms with van der Waals surface area (Å²) in [5, 5.41) is 13.8. The Morgan fingerprint density at radius 2 is 2.00 bits per heavy atom. The van der Waals surface area contributed by atoms with Gasteiger partial charge in [-0.25, -0.2) is 4.79 Å². The Morgan fingerprint density at radius 1 is 1.25 bits per heavy atom. The number of anilines is 1. The van der Waals surface area contributed by atoms with Gasteiger partial charge in [-0.15, -0.1) is 0 Å². The number of aliphatic carboxylic acids is 1. The van der Waals surface area contributed by atoms with E-state index < -0.39 is 5.97 Å². The number of carboxylic acid groups (broad SMARTS) is 1. The van der Waals surface area contributed by atoms with Crippen molar-refractivity contribution in [2.24, 2.45) is 0 Å². The smallest absolute Gasteiger partial charge is 0.315 e. The van der Waals surface area contributed by atoms with E-state index in [4.69, 9.17) is 5.11 Å². The highest BCUT2D eigenvalue weighted by atomic mass is 16.4. The summed E-state index contributed by atoms with van der Waals surface area (Å²) in [6.07, 6.45) is 0.490. The predicted molar refractivity (Wildman–Crippen MR) is 77.9 cm³/mol. The van der Waals surface area contributed by atoms with Gasteiger partial charge in [-0.05, 0) is 24.1 Å². The van der Waals surface area contributed by atoms with E-state index in [1.807, 2.05) is 43.3 Å². The average molecular weight is 279 g/mol. The van der Waals surface area contributed by atoms with Gasteiger partial charge in [0, 0.05) is 39.3 Å². The first-order chi connectivity index (χ1) is 9.49. The fraction of sp³-hybridized carbons (Fsp3) is 0.429. The molecular weight excluding hydrogens is 258 g/mol. The second-order valence-corrected chi connectivity index (χ2v) is 4.67. The predicted octanol–water partition coefficient (Wildman–Crippen LogP) is 1.42. The zero-order valence-electron chi connectivity index (χ0n) is 11.8. The monoisotopic (exact) mass is 279 g/mol. The molecule has 0 spiro atoms. The molecule has 0 aliphatic heterocycles. The van der Waals surface area contributed by atoms with Gasteiger partial charge < -0.3 is 20.6 Å². The summed E-state index contributed by atoms with van der Waals surface area (Å²) in [5.41, 5.74) is 2.09. The van der Waals surface area contributed by atoms with Gasteiger partial charge in [-0.1, -0.05) is 12.1 Å². The van der Waals surface area contributed by atoms with Crippen LogP contribution >= 0.6 is 0 Å². The third kappa shape index (κ3) is 6.08. The van der Waals surface area contributed by atoms with Crippen LogP contribution in [0.25, 0.3) is 0 Å². The maximum absolute atomic E-state index is 11.5. The molecule has 6 nitrogen and oxygen atoms in total. The summed E-state index contributed by atoms with van der Waals surface area (Å²) in [5.74, 6) is -0.854. The van der Waals surface area contributed by atoms with Crippen molar-refractivity contribution in [3.8, 4) is 0 Å². The second kappa shape index (κ2) is 8.04. The van der Waals surface area contributed by atoms with E-state index >= 15 is 0 Å². The molecule has 0 aliphatic carbocycles. The number of carboxylic acids is 1. The minimum atomic E-state index is -0.854. The van der Waals surface area contributed by atoms with Gasteiger partial charge in [0.25, 0.3) is 0 Å². The molecule has 0 saturated heterocycles. The molecular formula is C14H21N3O3. The van der Waals surface area contributed by atoms with E-state index in [0.29, 0.717) is 19.5 Å². The maximum Gasteiger partial charge on any atom is 0.315 e. The van der Waals surface area contributed by atoms with Gasteiger partial charge in [0.15, 0.2) is 0 Å². The summed E-state index contributed by atoms with van der Waals surface area (Å²) < 4.78 is 0. The van der Waals surface area contributed by atoms with E-state index in [2.05, 4.69) is 10.6 Å². The first-order valence-electron chi connectivity index (χ1n) is 6.49. The van der Waals surface area contributed by atoms with Gasteiger partial charge in [0.05, 0.1) is 0 Å². The summed E-state index contributed by atoms with van der Waals surface area (Å²) >= 11 is 0. The number of nitrogens with one attached hydrogen (secondary N) is 2.